The predicted molar refractivity (Wildman–Crippen MR) is 109 cm³/mol. The van der Waals surface area contributed by atoms with Crippen LogP contribution in [0.2, 0.25) is 0 Å². The topological polar surface area (TPSA) is 88.3 Å². The van der Waals surface area contributed by atoms with E-state index in [-0.39, 0.29) is 18.2 Å². The summed E-state index contributed by atoms with van der Waals surface area (Å²) in [6.45, 7) is 6.09. The molecule has 4 rings (SSSR count). The SMILES string of the molecule is Cc1nc(-c2cccc(N3C[C@H](C(=O)Nc4ccc(C)c(C)c4)CC3=O)c2)no1. The summed E-state index contributed by atoms with van der Waals surface area (Å²) in [5, 5.41) is 6.86. The van der Waals surface area contributed by atoms with Crippen molar-refractivity contribution in [2.75, 3.05) is 16.8 Å². The maximum Gasteiger partial charge on any atom is 0.229 e. The molecule has 1 aromatic heterocycles. The number of amides is 2. The molecule has 148 valence electrons. The van der Waals surface area contributed by atoms with Crippen molar-refractivity contribution < 1.29 is 14.1 Å². The highest BCUT2D eigenvalue weighted by Crippen LogP contribution is 2.29. The van der Waals surface area contributed by atoms with Crippen molar-refractivity contribution in [2.45, 2.75) is 27.2 Å². The molecule has 0 bridgehead atoms. The highest BCUT2D eigenvalue weighted by molar-refractivity contribution is 6.03. The van der Waals surface area contributed by atoms with Crippen LogP contribution in [0.4, 0.5) is 11.4 Å². The second-order valence-corrected chi connectivity index (χ2v) is 7.38. The molecule has 1 saturated heterocycles. The van der Waals surface area contributed by atoms with Gasteiger partial charge in [0.2, 0.25) is 23.5 Å². The Labute approximate surface area is 168 Å². The number of nitrogens with zero attached hydrogens (tertiary/aromatic N) is 3. The molecule has 0 aliphatic carbocycles. The molecule has 7 nitrogen and oxygen atoms in total. The van der Waals surface area contributed by atoms with Crippen LogP contribution >= 0.6 is 0 Å². The fourth-order valence-electron chi connectivity index (χ4n) is 3.43. The molecule has 1 aliphatic rings. The summed E-state index contributed by atoms with van der Waals surface area (Å²) in [5.41, 5.74) is 4.51. The first-order valence-electron chi connectivity index (χ1n) is 9.50. The van der Waals surface area contributed by atoms with Crippen molar-refractivity contribution in [3.8, 4) is 11.4 Å². The minimum absolute atomic E-state index is 0.0771. The monoisotopic (exact) mass is 390 g/mol. The summed E-state index contributed by atoms with van der Waals surface area (Å²) in [6.07, 6.45) is 0.183. The van der Waals surface area contributed by atoms with E-state index in [2.05, 4.69) is 15.5 Å². The molecule has 0 radical (unpaired) electrons. The van der Waals surface area contributed by atoms with E-state index in [9.17, 15) is 9.59 Å². The van der Waals surface area contributed by atoms with E-state index in [0.717, 1.165) is 22.5 Å². The average Bonchev–Trinajstić information content (AvgIpc) is 3.31. The molecule has 1 fully saturated rings. The number of aromatic nitrogens is 2. The number of hydrogen-bond donors (Lipinski definition) is 1. The smallest absolute Gasteiger partial charge is 0.229 e. The molecule has 1 atom stereocenters. The van der Waals surface area contributed by atoms with Crippen LogP contribution < -0.4 is 10.2 Å². The Hall–Kier alpha value is -3.48. The van der Waals surface area contributed by atoms with E-state index in [1.165, 1.54) is 5.56 Å². The van der Waals surface area contributed by atoms with Crippen LogP contribution in [0.25, 0.3) is 11.4 Å². The summed E-state index contributed by atoms with van der Waals surface area (Å²) in [6, 6.07) is 13.2. The molecule has 0 spiro atoms. The number of nitrogens with one attached hydrogen (secondary N) is 1. The van der Waals surface area contributed by atoms with Crippen molar-refractivity contribution in [1.29, 1.82) is 0 Å². The Morgan fingerprint density at radius 2 is 1.97 bits per heavy atom. The second kappa shape index (κ2) is 7.50. The summed E-state index contributed by atoms with van der Waals surface area (Å²) in [5.74, 6) is 0.326. The first-order valence-corrected chi connectivity index (χ1v) is 9.50. The van der Waals surface area contributed by atoms with Crippen LogP contribution in [0.5, 0.6) is 0 Å². The Balaban J connectivity index is 1.49. The van der Waals surface area contributed by atoms with Crippen LogP contribution in [-0.2, 0) is 9.59 Å². The van der Waals surface area contributed by atoms with Gasteiger partial charge in [-0.25, -0.2) is 0 Å². The highest BCUT2D eigenvalue weighted by Gasteiger charge is 2.35. The summed E-state index contributed by atoms with van der Waals surface area (Å²) in [4.78, 5) is 31.2. The van der Waals surface area contributed by atoms with Gasteiger partial charge in [-0.2, -0.15) is 4.98 Å². The van der Waals surface area contributed by atoms with Crippen molar-refractivity contribution in [3.63, 3.8) is 0 Å². The zero-order valence-corrected chi connectivity index (χ0v) is 16.6. The minimum atomic E-state index is -0.403. The van der Waals surface area contributed by atoms with Gasteiger partial charge >= 0.3 is 0 Å². The fraction of sp³-hybridized carbons (Fsp3) is 0.273. The first kappa shape index (κ1) is 18.9. The van der Waals surface area contributed by atoms with E-state index < -0.39 is 5.92 Å². The van der Waals surface area contributed by atoms with Gasteiger partial charge in [-0.3, -0.25) is 9.59 Å². The van der Waals surface area contributed by atoms with E-state index in [4.69, 9.17) is 4.52 Å². The quantitative estimate of drug-likeness (QED) is 0.735. The van der Waals surface area contributed by atoms with Crippen molar-refractivity contribution >= 4 is 23.2 Å². The third kappa shape index (κ3) is 3.89. The van der Waals surface area contributed by atoms with Gasteiger partial charge in [0.1, 0.15) is 0 Å². The zero-order chi connectivity index (χ0) is 20.5. The minimum Gasteiger partial charge on any atom is -0.339 e. The van der Waals surface area contributed by atoms with Gasteiger partial charge in [0.05, 0.1) is 5.92 Å². The van der Waals surface area contributed by atoms with Gasteiger partial charge in [0.15, 0.2) is 0 Å². The molecule has 29 heavy (non-hydrogen) atoms. The van der Waals surface area contributed by atoms with Gasteiger partial charge < -0.3 is 14.7 Å². The standard InChI is InChI=1S/C22H22N4O3/c1-13-7-8-18(9-14(13)2)24-22(28)17-11-20(27)26(12-17)19-6-4-5-16(10-19)21-23-15(3)29-25-21/h4-10,17H,11-12H2,1-3H3,(H,24,28)/t17-/m1/s1. The van der Waals surface area contributed by atoms with Crippen LogP contribution in [0.1, 0.15) is 23.4 Å². The molecule has 2 amide bonds. The van der Waals surface area contributed by atoms with Gasteiger partial charge in [0, 0.05) is 36.8 Å². The lowest BCUT2D eigenvalue weighted by atomic mass is 10.1. The Morgan fingerprint density at radius 3 is 2.69 bits per heavy atom. The van der Waals surface area contributed by atoms with Gasteiger partial charge in [0.25, 0.3) is 0 Å². The van der Waals surface area contributed by atoms with Gasteiger partial charge in [-0.15, -0.1) is 0 Å². The largest absolute Gasteiger partial charge is 0.339 e. The number of anilines is 2. The number of rotatable bonds is 4. The van der Waals surface area contributed by atoms with Crippen molar-refractivity contribution in [1.82, 2.24) is 10.1 Å². The lowest BCUT2D eigenvalue weighted by molar-refractivity contribution is -0.122. The van der Waals surface area contributed by atoms with Crippen LogP contribution in [0, 0.1) is 26.7 Å². The third-order valence-corrected chi connectivity index (χ3v) is 5.21. The average molecular weight is 390 g/mol. The van der Waals surface area contributed by atoms with E-state index in [1.807, 2.05) is 56.3 Å². The number of carbonyl (C=O) groups excluding carboxylic acids is 2. The summed E-state index contributed by atoms with van der Waals surface area (Å²) >= 11 is 0. The lowest BCUT2D eigenvalue weighted by Crippen LogP contribution is -2.28. The number of aryl methyl sites for hydroxylation is 3. The summed E-state index contributed by atoms with van der Waals surface area (Å²) in [7, 11) is 0. The molecule has 7 heteroatoms. The number of hydrogen-bond acceptors (Lipinski definition) is 5. The zero-order valence-electron chi connectivity index (χ0n) is 16.6. The fourth-order valence-corrected chi connectivity index (χ4v) is 3.43. The molecule has 0 saturated carbocycles. The van der Waals surface area contributed by atoms with Crippen molar-refractivity contribution in [3.05, 3.63) is 59.5 Å². The second-order valence-electron chi connectivity index (χ2n) is 7.38. The Kier molecular flexibility index (Phi) is 4.88. The predicted octanol–water partition coefficient (Wildman–Crippen LogP) is 3.65. The summed E-state index contributed by atoms with van der Waals surface area (Å²) < 4.78 is 5.03. The highest BCUT2D eigenvalue weighted by atomic mass is 16.5. The van der Waals surface area contributed by atoms with E-state index in [0.29, 0.717) is 18.3 Å². The molecule has 3 aromatic rings. The maximum atomic E-state index is 12.7. The molecule has 1 N–H and O–H groups in total. The van der Waals surface area contributed by atoms with Crippen LogP contribution in [0.15, 0.2) is 47.0 Å². The molecule has 0 unspecified atom stereocenters. The van der Waals surface area contributed by atoms with Gasteiger partial charge in [-0.1, -0.05) is 23.4 Å². The molecule has 1 aliphatic heterocycles. The number of benzene rings is 2. The maximum absolute atomic E-state index is 12.7. The van der Waals surface area contributed by atoms with Crippen LogP contribution in [-0.4, -0.2) is 28.5 Å². The normalized spacial score (nSPS) is 16.3. The first-order chi connectivity index (χ1) is 13.9. The Morgan fingerprint density at radius 1 is 1.14 bits per heavy atom. The Bertz CT molecular complexity index is 1090. The lowest BCUT2D eigenvalue weighted by Gasteiger charge is -2.17. The van der Waals surface area contributed by atoms with Gasteiger partial charge in [-0.05, 0) is 49.2 Å². The van der Waals surface area contributed by atoms with E-state index in [1.54, 1.807) is 11.8 Å². The van der Waals surface area contributed by atoms with Crippen molar-refractivity contribution in [2.24, 2.45) is 5.92 Å². The molecule has 2 heterocycles. The molecular formula is C22H22N4O3. The molecular weight excluding hydrogens is 368 g/mol. The number of carbonyl (C=O) groups is 2. The third-order valence-electron chi connectivity index (χ3n) is 5.21. The molecule has 2 aromatic carbocycles. The van der Waals surface area contributed by atoms with Crippen LogP contribution in [0.3, 0.4) is 0 Å². The van der Waals surface area contributed by atoms with E-state index >= 15 is 0 Å².